The molecule has 0 aromatic heterocycles. The quantitative estimate of drug-likeness (QED) is 0.225. The molecule has 0 spiro atoms. The predicted octanol–water partition coefficient (Wildman–Crippen LogP) is 0.118. The van der Waals surface area contributed by atoms with E-state index in [0.29, 0.717) is 5.69 Å². The molecule has 98 valence electrons. The van der Waals surface area contributed by atoms with Gasteiger partial charge in [0.15, 0.2) is 5.84 Å². The van der Waals surface area contributed by atoms with Crippen LogP contribution in [0.1, 0.15) is 5.56 Å². The van der Waals surface area contributed by atoms with Gasteiger partial charge in [-0.3, -0.25) is 10.1 Å². The molecule has 18 heavy (non-hydrogen) atoms. The number of likely N-dealkylation sites (N-methyl/N-ethyl adjacent to an activating group) is 1. The van der Waals surface area contributed by atoms with Crippen molar-refractivity contribution in [3.05, 3.63) is 33.9 Å². The van der Waals surface area contributed by atoms with E-state index in [0.717, 1.165) is 0 Å². The van der Waals surface area contributed by atoms with Crippen molar-refractivity contribution in [3.63, 3.8) is 0 Å². The summed E-state index contributed by atoms with van der Waals surface area (Å²) in [5, 5.41) is 31.1. The zero-order chi connectivity index (χ0) is 13.7. The van der Waals surface area contributed by atoms with Crippen LogP contribution in [0, 0.1) is 10.1 Å². The molecule has 0 aliphatic heterocycles. The number of amidine groups is 1. The number of nitro benzene ring substituents is 1. The summed E-state index contributed by atoms with van der Waals surface area (Å²) in [6, 6.07) is 4.21. The van der Waals surface area contributed by atoms with Crippen molar-refractivity contribution in [1.82, 2.24) is 0 Å². The fourth-order valence-corrected chi connectivity index (χ4v) is 1.48. The van der Waals surface area contributed by atoms with Gasteiger partial charge < -0.3 is 20.9 Å². The first-order valence-electron chi connectivity index (χ1n) is 5.09. The lowest BCUT2D eigenvalue weighted by Gasteiger charge is -2.18. The molecule has 0 bridgehead atoms. The highest BCUT2D eigenvalue weighted by molar-refractivity contribution is 5.98. The number of benzene rings is 1. The van der Waals surface area contributed by atoms with Crippen LogP contribution in [-0.2, 0) is 0 Å². The van der Waals surface area contributed by atoms with Crippen molar-refractivity contribution in [2.75, 3.05) is 25.1 Å². The molecule has 0 heterocycles. The number of oxime groups is 1. The Labute approximate surface area is 103 Å². The first kappa shape index (κ1) is 13.7. The van der Waals surface area contributed by atoms with Crippen LogP contribution in [0.2, 0.25) is 0 Å². The molecule has 0 radical (unpaired) electrons. The smallest absolute Gasteiger partial charge is 0.293 e. The highest BCUT2D eigenvalue weighted by Crippen LogP contribution is 2.28. The lowest BCUT2D eigenvalue weighted by molar-refractivity contribution is -0.384. The Morgan fingerprint density at radius 1 is 1.61 bits per heavy atom. The maximum absolute atomic E-state index is 11.0. The number of hydrogen-bond acceptors (Lipinski definition) is 6. The summed E-state index contributed by atoms with van der Waals surface area (Å²) in [7, 11) is 1.63. The zero-order valence-corrected chi connectivity index (χ0v) is 9.78. The first-order valence-corrected chi connectivity index (χ1v) is 5.09. The van der Waals surface area contributed by atoms with Gasteiger partial charge in [-0.1, -0.05) is 5.16 Å². The molecule has 4 N–H and O–H groups in total. The van der Waals surface area contributed by atoms with E-state index in [2.05, 4.69) is 5.16 Å². The number of aliphatic hydroxyl groups excluding tert-OH is 1. The van der Waals surface area contributed by atoms with Crippen molar-refractivity contribution < 1.29 is 15.2 Å². The number of hydrogen-bond donors (Lipinski definition) is 3. The molecule has 1 aromatic carbocycles. The average Bonchev–Trinajstić information content (AvgIpc) is 2.37. The molecule has 0 amide bonds. The predicted molar refractivity (Wildman–Crippen MR) is 66.0 cm³/mol. The largest absolute Gasteiger partial charge is 0.409 e. The molecule has 0 saturated heterocycles. The third kappa shape index (κ3) is 2.86. The maximum atomic E-state index is 11.0. The second kappa shape index (κ2) is 5.82. The molecule has 0 saturated carbocycles. The van der Waals surface area contributed by atoms with Crippen LogP contribution in [0.5, 0.6) is 0 Å². The maximum Gasteiger partial charge on any atom is 0.293 e. The summed E-state index contributed by atoms with van der Waals surface area (Å²) in [5.74, 6) is -0.200. The summed E-state index contributed by atoms with van der Waals surface area (Å²) in [6.45, 7) is 0.152. The zero-order valence-electron chi connectivity index (χ0n) is 9.78. The van der Waals surface area contributed by atoms with Crippen molar-refractivity contribution >= 4 is 17.2 Å². The third-order valence-corrected chi connectivity index (χ3v) is 2.42. The van der Waals surface area contributed by atoms with Crippen LogP contribution in [0.3, 0.4) is 0 Å². The van der Waals surface area contributed by atoms with Gasteiger partial charge in [0.2, 0.25) is 0 Å². The molecule has 8 nitrogen and oxygen atoms in total. The topological polar surface area (TPSA) is 125 Å². The molecule has 1 rings (SSSR count). The monoisotopic (exact) mass is 254 g/mol. The Morgan fingerprint density at radius 2 is 2.28 bits per heavy atom. The highest BCUT2D eigenvalue weighted by atomic mass is 16.6. The van der Waals surface area contributed by atoms with E-state index in [4.69, 9.17) is 16.0 Å². The van der Waals surface area contributed by atoms with E-state index in [9.17, 15) is 10.1 Å². The van der Waals surface area contributed by atoms with Gasteiger partial charge in [0, 0.05) is 25.2 Å². The van der Waals surface area contributed by atoms with Crippen LogP contribution in [0.25, 0.3) is 0 Å². The first-order chi connectivity index (χ1) is 8.51. The normalized spacial score (nSPS) is 11.3. The van der Waals surface area contributed by atoms with Gasteiger partial charge in [-0.15, -0.1) is 0 Å². The average molecular weight is 254 g/mol. The van der Waals surface area contributed by atoms with Gasteiger partial charge >= 0.3 is 0 Å². The summed E-state index contributed by atoms with van der Waals surface area (Å²) in [6.07, 6.45) is 0. The van der Waals surface area contributed by atoms with Crippen LogP contribution < -0.4 is 10.6 Å². The summed E-state index contributed by atoms with van der Waals surface area (Å²) < 4.78 is 0. The number of aliphatic hydroxyl groups is 1. The number of rotatable bonds is 5. The van der Waals surface area contributed by atoms with Gasteiger partial charge in [0.05, 0.1) is 11.5 Å². The minimum absolute atomic E-state index is 0.115. The molecule has 0 unspecified atom stereocenters. The second-order valence-corrected chi connectivity index (χ2v) is 3.59. The summed E-state index contributed by atoms with van der Waals surface area (Å²) in [4.78, 5) is 12.0. The van der Waals surface area contributed by atoms with Gasteiger partial charge in [-0.25, -0.2) is 0 Å². The number of nitrogens with zero attached hydrogens (tertiary/aromatic N) is 3. The van der Waals surface area contributed by atoms with E-state index in [-0.39, 0.29) is 30.2 Å². The number of nitrogens with two attached hydrogens (primary N) is 1. The fraction of sp³-hybridized carbons (Fsp3) is 0.300. The minimum atomic E-state index is -0.558. The van der Waals surface area contributed by atoms with Gasteiger partial charge in [-0.2, -0.15) is 0 Å². The molecular formula is C10H14N4O4. The number of anilines is 1. The Balaban J connectivity index is 3.25. The van der Waals surface area contributed by atoms with Crippen molar-refractivity contribution in [1.29, 1.82) is 0 Å². The van der Waals surface area contributed by atoms with Gasteiger partial charge in [-0.05, 0) is 12.1 Å². The van der Waals surface area contributed by atoms with E-state index >= 15 is 0 Å². The van der Waals surface area contributed by atoms with E-state index in [1.54, 1.807) is 11.9 Å². The fourth-order valence-electron chi connectivity index (χ4n) is 1.48. The minimum Gasteiger partial charge on any atom is -0.409 e. The van der Waals surface area contributed by atoms with Crippen molar-refractivity contribution in [3.8, 4) is 0 Å². The van der Waals surface area contributed by atoms with E-state index in [1.165, 1.54) is 18.2 Å². The molecular weight excluding hydrogens is 240 g/mol. The van der Waals surface area contributed by atoms with Crippen LogP contribution >= 0.6 is 0 Å². The summed E-state index contributed by atoms with van der Waals surface area (Å²) >= 11 is 0. The van der Waals surface area contributed by atoms with Crippen LogP contribution in [0.4, 0.5) is 11.4 Å². The van der Waals surface area contributed by atoms with Crippen LogP contribution in [0.15, 0.2) is 23.4 Å². The number of nitro groups is 1. The lowest BCUT2D eigenvalue weighted by atomic mass is 10.1. The third-order valence-electron chi connectivity index (χ3n) is 2.42. The molecule has 0 aliphatic carbocycles. The van der Waals surface area contributed by atoms with Crippen molar-refractivity contribution in [2.24, 2.45) is 10.9 Å². The Bertz CT molecular complexity index is 475. The van der Waals surface area contributed by atoms with E-state index in [1.807, 2.05) is 0 Å². The summed E-state index contributed by atoms with van der Waals surface area (Å²) in [5.41, 5.74) is 5.81. The van der Waals surface area contributed by atoms with Crippen LogP contribution in [-0.4, -0.2) is 41.3 Å². The standard InChI is InChI=1S/C10H14N4O4/c1-13(4-5-15)8-3-2-7(10(11)12-16)6-9(8)14(17)18/h2-3,6,15-16H,4-5H2,1H3,(H2,11,12). The molecule has 1 aromatic rings. The molecule has 0 fully saturated rings. The molecule has 0 atom stereocenters. The van der Waals surface area contributed by atoms with Crippen molar-refractivity contribution in [2.45, 2.75) is 0 Å². The Hall–Kier alpha value is -2.35. The molecule has 0 aliphatic rings. The second-order valence-electron chi connectivity index (χ2n) is 3.59. The van der Waals surface area contributed by atoms with E-state index < -0.39 is 4.92 Å². The van der Waals surface area contributed by atoms with Gasteiger partial charge in [0.1, 0.15) is 5.69 Å². The molecule has 8 heteroatoms. The van der Waals surface area contributed by atoms with Gasteiger partial charge in [0.25, 0.3) is 5.69 Å². The SMILES string of the molecule is CN(CCO)c1ccc(/C(N)=N/O)cc1[N+](=O)[O-]. The lowest BCUT2D eigenvalue weighted by Crippen LogP contribution is -2.22. The Kier molecular flexibility index (Phi) is 4.44. The Morgan fingerprint density at radius 3 is 2.78 bits per heavy atom. The highest BCUT2D eigenvalue weighted by Gasteiger charge is 2.18.